The molecule has 1 aromatic rings. The minimum Gasteiger partial charge on any atom is -0.457 e. The molecule has 1 amide bonds. The van der Waals surface area contributed by atoms with Crippen LogP contribution < -0.4 is 0 Å². The predicted molar refractivity (Wildman–Crippen MR) is 170 cm³/mol. The van der Waals surface area contributed by atoms with Gasteiger partial charge in [0.2, 0.25) is 0 Å². The van der Waals surface area contributed by atoms with Gasteiger partial charge < -0.3 is 33.3 Å². The number of aromatic nitrogens is 2. The van der Waals surface area contributed by atoms with E-state index in [0.29, 0.717) is 6.42 Å². The van der Waals surface area contributed by atoms with Crippen molar-refractivity contribution < 1.29 is 52.4 Å². The molecule has 0 N–H and O–H groups in total. The zero-order valence-corrected chi connectivity index (χ0v) is 29.5. The maximum Gasteiger partial charge on any atom is 0.420 e. The van der Waals surface area contributed by atoms with E-state index in [-0.39, 0.29) is 36.3 Å². The molecule has 4 rings (SSSR count). The number of cyclic esters (lactones) is 1. The molecule has 2 saturated heterocycles. The Kier molecular flexibility index (Phi) is 11.2. The topological polar surface area (TPSA) is 162 Å². The number of methoxy groups -OCH3 is 1. The number of rotatable bonds is 5. The maximum atomic E-state index is 14.1. The Hall–Kier alpha value is -3.62. The molecule has 3 aliphatic rings. The highest BCUT2D eigenvalue weighted by Gasteiger charge is 2.54. The van der Waals surface area contributed by atoms with Crippen molar-refractivity contribution in [2.45, 2.75) is 123 Å². The Labute approximate surface area is 281 Å². The molecule has 0 bridgehead atoms. The molecule has 3 aliphatic heterocycles. The first-order valence-electron chi connectivity index (χ1n) is 16.4. The number of carbonyl (C=O) groups is 5. The molecule has 48 heavy (non-hydrogen) atoms. The van der Waals surface area contributed by atoms with Crippen LogP contribution in [0.25, 0.3) is 0 Å². The van der Waals surface area contributed by atoms with Gasteiger partial charge in [0.1, 0.15) is 18.3 Å². The average Bonchev–Trinajstić information content (AvgIpc) is 3.68. The summed E-state index contributed by atoms with van der Waals surface area (Å²) in [6, 6.07) is -0.310. The number of ether oxygens (including phenoxy) is 6. The fourth-order valence-electron chi connectivity index (χ4n) is 7.12. The zero-order chi connectivity index (χ0) is 35.7. The standard InChI is InChI=1S/C34H49N3O11/c1-11-24-33(7,48-32(42)37-13-12-35-17-37)15-18(2)25(38)19(3)16-34(8,43-10)28(21(5)26(39)22(6)29(40)45-24)47-30-27-23(14-20(4)44-30)36(9)31(41)46-27/h12-13,15,17,19-24,27-28,30H,11,14,16H2,1-10H3/t19-,20-,21+,22-,23+,24-,27?,28-,30?,33+,34-/m1/s1. The van der Waals surface area contributed by atoms with Crippen molar-refractivity contribution in [1.82, 2.24) is 14.5 Å². The molecule has 0 spiro atoms. The van der Waals surface area contributed by atoms with Gasteiger partial charge in [-0.2, -0.15) is 0 Å². The second-order valence-electron chi connectivity index (χ2n) is 13.7. The van der Waals surface area contributed by atoms with Crippen LogP contribution in [-0.2, 0) is 42.8 Å². The van der Waals surface area contributed by atoms with Gasteiger partial charge in [-0.15, -0.1) is 0 Å². The van der Waals surface area contributed by atoms with Crippen LogP contribution in [0.2, 0.25) is 0 Å². The third kappa shape index (κ3) is 7.35. The van der Waals surface area contributed by atoms with Crippen LogP contribution in [0.4, 0.5) is 9.59 Å². The van der Waals surface area contributed by atoms with E-state index < -0.39 is 77.5 Å². The highest BCUT2D eigenvalue weighted by Crippen LogP contribution is 2.39. The van der Waals surface area contributed by atoms with Gasteiger partial charge in [0.25, 0.3) is 0 Å². The fourth-order valence-corrected chi connectivity index (χ4v) is 7.12. The predicted octanol–water partition coefficient (Wildman–Crippen LogP) is 4.09. The third-order valence-electron chi connectivity index (χ3n) is 9.98. The Bertz CT molecular complexity index is 1410. The smallest absolute Gasteiger partial charge is 0.420 e. The van der Waals surface area contributed by atoms with Gasteiger partial charge in [0.05, 0.1) is 23.9 Å². The minimum atomic E-state index is -1.59. The lowest BCUT2D eigenvalue weighted by Crippen LogP contribution is -2.57. The molecule has 14 heteroatoms. The van der Waals surface area contributed by atoms with E-state index in [4.69, 9.17) is 28.4 Å². The van der Waals surface area contributed by atoms with Gasteiger partial charge in [-0.3, -0.25) is 14.4 Å². The van der Waals surface area contributed by atoms with Crippen molar-refractivity contribution in [3.8, 4) is 0 Å². The Morgan fingerprint density at radius 2 is 1.79 bits per heavy atom. The monoisotopic (exact) mass is 675 g/mol. The number of hydrogen-bond donors (Lipinski definition) is 0. The van der Waals surface area contributed by atoms with E-state index in [1.807, 2.05) is 6.92 Å². The fraction of sp³-hybridized carbons (Fsp3) is 0.706. The van der Waals surface area contributed by atoms with Crippen molar-refractivity contribution in [2.75, 3.05) is 14.2 Å². The van der Waals surface area contributed by atoms with Crippen LogP contribution in [0.15, 0.2) is 30.4 Å². The van der Waals surface area contributed by atoms with E-state index in [1.165, 1.54) is 43.7 Å². The van der Waals surface area contributed by atoms with Gasteiger partial charge in [0, 0.05) is 38.4 Å². The summed E-state index contributed by atoms with van der Waals surface area (Å²) >= 11 is 0. The molecule has 2 fully saturated rings. The average molecular weight is 676 g/mol. The summed E-state index contributed by atoms with van der Waals surface area (Å²) in [5.74, 6) is -4.50. The normalized spacial score (nSPS) is 38.4. The third-order valence-corrected chi connectivity index (χ3v) is 9.98. The van der Waals surface area contributed by atoms with E-state index in [2.05, 4.69) is 4.98 Å². The minimum absolute atomic E-state index is 0.105. The number of likely N-dealkylation sites (N-methyl/N-ethyl adjacent to an activating group) is 1. The van der Waals surface area contributed by atoms with Crippen LogP contribution in [0.3, 0.4) is 0 Å². The van der Waals surface area contributed by atoms with Crippen molar-refractivity contribution >= 4 is 29.7 Å². The number of fused-ring (bicyclic) bond motifs is 1. The van der Waals surface area contributed by atoms with Gasteiger partial charge in [-0.05, 0) is 65.5 Å². The highest BCUT2D eigenvalue weighted by atomic mass is 16.7. The first-order valence-corrected chi connectivity index (χ1v) is 16.4. The number of carbonyl (C=O) groups excluding carboxylic acids is 5. The number of Topliss-reactive ketones (excluding diaryl/α,β-unsaturated/α-hetero) is 2. The number of allylic oxidation sites excluding steroid dienone is 1. The van der Waals surface area contributed by atoms with Gasteiger partial charge in [-0.25, -0.2) is 19.1 Å². The molecule has 0 aliphatic carbocycles. The highest BCUT2D eigenvalue weighted by molar-refractivity contribution is 6.00. The molecule has 0 saturated carbocycles. The van der Waals surface area contributed by atoms with E-state index in [0.717, 1.165) is 4.57 Å². The van der Waals surface area contributed by atoms with Gasteiger partial charge >= 0.3 is 18.2 Å². The summed E-state index contributed by atoms with van der Waals surface area (Å²) in [7, 11) is 3.11. The quantitative estimate of drug-likeness (QED) is 0.250. The molecule has 4 heterocycles. The summed E-state index contributed by atoms with van der Waals surface area (Å²) in [5.41, 5.74) is -2.58. The van der Waals surface area contributed by atoms with Crippen molar-refractivity contribution in [1.29, 1.82) is 0 Å². The Morgan fingerprint density at radius 1 is 1.10 bits per heavy atom. The van der Waals surface area contributed by atoms with E-state index in [9.17, 15) is 24.0 Å². The lowest BCUT2D eigenvalue weighted by Gasteiger charge is -2.45. The molecule has 2 unspecified atom stereocenters. The number of amides is 1. The number of ketones is 2. The van der Waals surface area contributed by atoms with Gasteiger partial charge in [0.15, 0.2) is 29.6 Å². The molecule has 11 atom stereocenters. The molecule has 1 aromatic heterocycles. The number of esters is 1. The molecular formula is C34H49N3O11. The molecule has 0 aromatic carbocycles. The molecule has 266 valence electrons. The summed E-state index contributed by atoms with van der Waals surface area (Å²) in [4.78, 5) is 72.7. The Balaban J connectivity index is 1.76. The van der Waals surface area contributed by atoms with Crippen LogP contribution in [0.5, 0.6) is 0 Å². The first-order chi connectivity index (χ1) is 22.5. The van der Waals surface area contributed by atoms with Crippen LogP contribution in [0.1, 0.15) is 74.7 Å². The first kappa shape index (κ1) is 37.2. The zero-order valence-electron chi connectivity index (χ0n) is 29.5. The van der Waals surface area contributed by atoms with Crippen LogP contribution in [-0.4, -0.2) is 106 Å². The van der Waals surface area contributed by atoms with Crippen molar-refractivity contribution in [2.24, 2.45) is 17.8 Å². The number of nitrogens with zero attached hydrogens (tertiary/aromatic N) is 3. The van der Waals surface area contributed by atoms with Crippen molar-refractivity contribution in [3.05, 3.63) is 30.4 Å². The molecule has 14 nitrogen and oxygen atoms in total. The molecular weight excluding hydrogens is 626 g/mol. The largest absolute Gasteiger partial charge is 0.457 e. The van der Waals surface area contributed by atoms with Crippen molar-refractivity contribution in [3.63, 3.8) is 0 Å². The maximum absolute atomic E-state index is 14.1. The summed E-state index contributed by atoms with van der Waals surface area (Å²) in [6.07, 6.45) is 0.906. The van der Waals surface area contributed by atoms with Crippen LogP contribution in [0, 0.1) is 17.8 Å². The lowest BCUT2D eigenvalue weighted by atomic mass is 9.77. The SMILES string of the molecule is CC[C@H]1OC(=O)[C@H](C)C(=O)[C@H](C)[C@@H](OC2O[C@H](C)C[C@H]3C2OC(=O)N3C)[C@](C)(OC)C[C@@H](C)C(=O)C(C)=C[C@]1(C)OC(=O)n1ccnc1. The van der Waals surface area contributed by atoms with Gasteiger partial charge in [-0.1, -0.05) is 20.8 Å². The molecule has 0 radical (unpaired) electrons. The summed E-state index contributed by atoms with van der Waals surface area (Å²) in [5, 5.41) is 0. The van der Waals surface area contributed by atoms with E-state index >= 15 is 0 Å². The lowest BCUT2D eigenvalue weighted by molar-refractivity contribution is -0.284. The number of hydrogen-bond acceptors (Lipinski definition) is 12. The second kappa shape index (κ2) is 14.5. The van der Waals surface area contributed by atoms with E-state index in [1.54, 1.807) is 48.6 Å². The Morgan fingerprint density at radius 3 is 2.40 bits per heavy atom. The summed E-state index contributed by atoms with van der Waals surface area (Å²) in [6.45, 7) is 13.3. The second-order valence-corrected chi connectivity index (χ2v) is 13.7. The summed E-state index contributed by atoms with van der Waals surface area (Å²) < 4.78 is 37.3. The van der Waals surface area contributed by atoms with Crippen LogP contribution >= 0.6 is 0 Å². The number of imidazole rings is 1.